The van der Waals surface area contributed by atoms with E-state index < -0.39 is 0 Å². The summed E-state index contributed by atoms with van der Waals surface area (Å²) in [6, 6.07) is 11.8. The Labute approximate surface area is 112 Å². The van der Waals surface area contributed by atoms with E-state index in [9.17, 15) is 0 Å². The molecule has 18 heavy (non-hydrogen) atoms. The van der Waals surface area contributed by atoms with Gasteiger partial charge in [0.2, 0.25) is 0 Å². The molecule has 1 nitrogen and oxygen atoms in total. The van der Waals surface area contributed by atoms with Crippen molar-refractivity contribution in [2.45, 2.75) is 57.9 Å². The zero-order chi connectivity index (χ0) is 12.8. The minimum absolute atomic E-state index is 0.683. The highest BCUT2D eigenvalue weighted by atomic mass is 14.9. The van der Waals surface area contributed by atoms with E-state index in [-0.39, 0.29) is 0 Å². The van der Waals surface area contributed by atoms with Crippen molar-refractivity contribution in [3.8, 4) is 0 Å². The highest BCUT2D eigenvalue weighted by molar-refractivity contribution is 5.22. The molecule has 1 aromatic carbocycles. The second-order valence-corrected chi connectivity index (χ2v) is 5.60. The van der Waals surface area contributed by atoms with Crippen molar-refractivity contribution >= 4 is 0 Å². The first-order valence-electron chi connectivity index (χ1n) is 7.65. The molecule has 2 rings (SSSR count). The van der Waals surface area contributed by atoms with Gasteiger partial charge in [-0.2, -0.15) is 0 Å². The second-order valence-electron chi connectivity index (χ2n) is 5.60. The lowest BCUT2D eigenvalue weighted by Gasteiger charge is -2.39. The van der Waals surface area contributed by atoms with Crippen molar-refractivity contribution < 1.29 is 0 Å². The van der Waals surface area contributed by atoms with Gasteiger partial charge in [-0.15, -0.1) is 0 Å². The molecule has 0 bridgehead atoms. The lowest BCUT2D eigenvalue weighted by Crippen LogP contribution is -2.44. The molecule has 0 aliphatic heterocycles. The first kappa shape index (κ1) is 13.6. The van der Waals surface area contributed by atoms with Crippen LogP contribution in [0.5, 0.6) is 0 Å². The van der Waals surface area contributed by atoms with Gasteiger partial charge in [-0.1, -0.05) is 50.6 Å². The van der Waals surface area contributed by atoms with E-state index in [1.807, 2.05) is 0 Å². The van der Waals surface area contributed by atoms with Crippen LogP contribution in [0.1, 0.15) is 57.4 Å². The van der Waals surface area contributed by atoms with Crippen LogP contribution in [0.25, 0.3) is 0 Å². The van der Waals surface area contributed by atoms with Crippen molar-refractivity contribution in [1.29, 1.82) is 0 Å². The van der Waals surface area contributed by atoms with Crippen LogP contribution in [0.3, 0.4) is 0 Å². The molecule has 1 aromatic rings. The highest BCUT2D eigenvalue weighted by Gasteiger charge is 2.32. The SMILES string of the molecule is CCCNC(C1CCC1)C(CC)c1ccccc1. The van der Waals surface area contributed by atoms with Gasteiger partial charge >= 0.3 is 0 Å². The molecule has 0 saturated heterocycles. The van der Waals surface area contributed by atoms with Crippen molar-refractivity contribution in [2.75, 3.05) is 6.54 Å². The second kappa shape index (κ2) is 6.94. The fourth-order valence-electron chi connectivity index (χ4n) is 3.14. The van der Waals surface area contributed by atoms with E-state index in [2.05, 4.69) is 49.5 Å². The minimum atomic E-state index is 0.683. The van der Waals surface area contributed by atoms with Crippen molar-refractivity contribution in [2.24, 2.45) is 5.92 Å². The molecule has 1 saturated carbocycles. The Morgan fingerprint density at radius 2 is 1.89 bits per heavy atom. The third kappa shape index (κ3) is 3.14. The van der Waals surface area contributed by atoms with E-state index in [0.29, 0.717) is 12.0 Å². The summed E-state index contributed by atoms with van der Waals surface area (Å²) in [5.74, 6) is 1.59. The molecule has 100 valence electrons. The molecule has 0 amide bonds. The molecular formula is C17H27N. The van der Waals surface area contributed by atoms with E-state index in [4.69, 9.17) is 0 Å². The van der Waals surface area contributed by atoms with Crippen LogP contribution < -0.4 is 5.32 Å². The Morgan fingerprint density at radius 3 is 2.39 bits per heavy atom. The summed E-state index contributed by atoms with van der Waals surface area (Å²) < 4.78 is 0. The molecule has 1 N–H and O–H groups in total. The van der Waals surface area contributed by atoms with Crippen LogP contribution in [0.4, 0.5) is 0 Å². The Bertz CT molecular complexity index is 329. The monoisotopic (exact) mass is 245 g/mol. The van der Waals surface area contributed by atoms with E-state index in [0.717, 1.165) is 12.5 Å². The Kier molecular flexibility index (Phi) is 5.25. The van der Waals surface area contributed by atoms with Gasteiger partial charge in [-0.25, -0.2) is 0 Å². The van der Waals surface area contributed by atoms with Crippen LogP contribution >= 0.6 is 0 Å². The first-order valence-corrected chi connectivity index (χ1v) is 7.65. The van der Waals surface area contributed by atoms with Gasteiger partial charge in [0.05, 0.1) is 0 Å². The average molecular weight is 245 g/mol. The zero-order valence-electron chi connectivity index (χ0n) is 11.9. The molecule has 0 spiro atoms. The molecule has 1 fully saturated rings. The zero-order valence-corrected chi connectivity index (χ0v) is 11.9. The van der Waals surface area contributed by atoms with E-state index >= 15 is 0 Å². The topological polar surface area (TPSA) is 12.0 Å². The Hall–Kier alpha value is -0.820. The van der Waals surface area contributed by atoms with Crippen LogP contribution in [0.15, 0.2) is 30.3 Å². The molecule has 2 atom stereocenters. The summed E-state index contributed by atoms with van der Waals surface area (Å²) in [7, 11) is 0. The molecule has 1 aliphatic carbocycles. The average Bonchev–Trinajstić information content (AvgIpc) is 2.35. The Balaban J connectivity index is 2.10. The normalized spacial score (nSPS) is 19.2. The van der Waals surface area contributed by atoms with Crippen LogP contribution in [-0.4, -0.2) is 12.6 Å². The van der Waals surface area contributed by atoms with Crippen LogP contribution in [-0.2, 0) is 0 Å². The third-order valence-corrected chi connectivity index (χ3v) is 4.39. The predicted octanol–water partition coefficient (Wildman–Crippen LogP) is 4.35. The lowest BCUT2D eigenvalue weighted by molar-refractivity contribution is 0.200. The fourth-order valence-corrected chi connectivity index (χ4v) is 3.14. The summed E-state index contributed by atoms with van der Waals surface area (Å²) in [6.07, 6.45) is 6.74. The number of nitrogens with one attached hydrogen (secondary N) is 1. The summed E-state index contributed by atoms with van der Waals surface area (Å²) >= 11 is 0. The van der Waals surface area contributed by atoms with E-state index in [1.165, 1.54) is 37.7 Å². The van der Waals surface area contributed by atoms with Crippen LogP contribution in [0, 0.1) is 5.92 Å². The quantitative estimate of drug-likeness (QED) is 0.753. The van der Waals surface area contributed by atoms with Crippen molar-refractivity contribution in [3.05, 3.63) is 35.9 Å². The van der Waals surface area contributed by atoms with Crippen molar-refractivity contribution in [1.82, 2.24) is 5.32 Å². The summed E-state index contributed by atoms with van der Waals surface area (Å²) in [5.41, 5.74) is 1.51. The number of hydrogen-bond donors (Lipinski definition) is 1. The van der Waals surface area contributed by atoms with Gasteiger partial charge in [-0.3, -0.25) is 0 Å². The maximum absolute atomic E-state index is 3.82. The smallest absolute Gasteiger partial charge is 0.0164 e. The molecule has 2 unspecified atom stereocenters. The fraction of sp³-hybridized carbons (Fsp3) is 0.647. The van der Waals surface area contributed by atoms with Gasteiger partial charge in [0.15, 0.2) is 0 Å². The largest absolute Gasteiger partial charge is 0.313 e. The molecular weight excluding hydrogens is 218 g/mol. The third-order valence-electron chi connectivity index (χ3n) is 4.39. The first-order chi connectivity index (χ1) is 8.86. The van der Waals surface area contributed by atoms with Crippen molar-refractivity contribution in [3.63, 3.8) is 0 Å². The standard InChI is InChI=1S/C17H27N/c1-3-13-18-17(15-11-8-12-15)16(4-2)14-9-6-5-7-10-14/h5-7,9-10,15-18H,3-4,8,11-13H2,1-2H3. The predicted molar refractivity (Wildman–Crippen MR) is 78.9 cm³/mol. The number of benzene rings is 1. The van der Waals surface area contributed by atoms with Gasteiger partial charge in [0.1, 0.15) is 0 Å². The summed E-state index contributed by atoms with van der Waals surface area (Å²) in [4.78, 5) is 0. The summed E-state index contributed by atoms with van der Waals surface area (Å²) in [6.45, 7) is 5.75. The minimum Gasteiger partial charge on any atom is -0.313 e. The van der Waals surface area contributed by atoms with Gasteiger partial charge in [0, 0.05) is 6.04 Å². The Morgan fingerprint density at radius 1 is 1.17 bits per heavy atom. The molecule has 0 heterocycles. The van der Waals surface area contributed by atoms with Crippen LogP contribution in [0.2, 0.25) is 0 Å². The molecule has 0 radical (unpaired) electrons. The highest BCUT2D eigenvalue weighted by Crippen LogP contribution is 2.37. The molecule has 1 heteroatoms. The number of rotatable bonds is 7. The molecule has 0 aromatic heterocycles. The van der Waals surface area contributed by atoms with Gasteiger partial charge in [-0.05, 0) is 49.6 Å². The number of hydrogen-bond acceptors (Lipinski definition) is 1. The van der Waals surface area contributed by atoms with E-state index in [1.54, 1.807) is 0 Å². The van der Waals surface area contributed by atoms with Gasteiger partial charge in [0.25, 0.3) is 0 Å². The van der Waals surface area contributed by atoms with Gasteiger partial charge < -0.3 is 5.32 Å². The lowest BCUT2D eigenvalue weighted by atomic mass is 9.72. The summed E-state index contributed by atoms with van der Waals surface area (Å²) in [5, 5.41) is 3.82. The maximum atomic E-state index is 3.82. The molecule has 1 aliphatic rings. The maximum Gasteiger partial charge on any atom is 0.0164 e.